The summed E-state index contributed by atoms with van der Waals surface area (Å²) < 4.78 is 19.1. The summed E-state index contributed by atoms with van der Waals surface area (Å²) in [5, 5.41) is 0. The lowest BCUT2D eigenvalue weighted by molar-refractivity contribution is 0.168. The summed E-state index contributed by atoms with van der Waals surface area (Å²) >= 11 is 0. The molecule has 1 aromatic carbocycles. The SMILES string of the molecule is Fc1cccc(-c2ncnc3c2CCN(CC2CCOC2)CC3)c1. The first-order chi connectivity index (χ1) is 11.8. The second-order valence-electron chi connectivity index (χ2n) is 6.69. The van der Waals surface area contributed by atoms with Crippen LogP contribution in [0.15, 0.2) is 30.6 Å². The first-order valence-electron chi connectivity index (χ1n) is 8.68. The summed E-state index contributed by atoms with van der Waals surface area (Å²) in [6.07, 6.45) is 4.61. The van der Waals surface area contributed by atoms with Gasteiger partial charge in [-0.05, 0) is 30.9 Å². The molecule has 1 saturated heterocycles. The molecule has 2 aliphatic heterocycles. The van der Waals surface area contributed by atoms with Crippen LogP contribution in [-0.2, 0) is 17.6 Å². The standard InChI is InChI=1S/C19H22FN3O/c20-16-3-1-2-15(10-16)19-17-4-7-23(11-14-6-9-24-12-14)8-5-18(17)21-13-22-19/h1-3,10,13-14H,4-9,11-12H2. The molecule has 2 aromatic rings. The molecular formula is C19H22FN3O. The molecule has 4 rings (SSSR count). The molecule has 2 aliphatic rings. The third-order valence-corrected chi connectivity index (χ3v) is 5.02. The average molecular weight is 327 g/mol. The number of rotatable bonds is 3. The molecular weight excluding hydrogens is 305 g/mol. The number of fused-ring (bicyclic) bond motifs is 1. The van der Waals surface area contributed by atoms with Crippen molar-refractivity contribution in [2.24, 2.45) is 5.92 Å². The molecule has 24 heavy (non-hydrogen) atoms. The zero-order valence-electron chi connectivity index (χ0n) is 13.7. The van der Waals surface area contributed by atoms with Crippen LogP contribution >= 0.6 is 0 Å². The van der Waals surface area contributed by atoms with Gasteiger partial charge in [0, 0.05) is 49.5 Å². The van der Waals surface area contributed by atoms with Gasteiger partial charge >= 0.3 is 0 Å². The van der Waals surface area contributed by atoms with Gasteiger partial charge in [-0.15, -0.1) is 0 Å². The molecule has 3 heterocycles. The molecule has 1 aromatic heterocycles. The topological polar surface area (TPSA) is 38.2 Å². The van der Waals surface area contributed by atoms with E-state index in [0.717, 1.165) is 69.1 Å². The van der Waals surface area contributed by atoms with Crippen molar-refractivity contribution in [3.05, 3.63) is 47.7 Å². The van der Waals surface area contributed by atoms with Crippen LogP contribution in [0.2, 0.25) is 0 Å². The summed E-state index contributed by atoms with van der Waals surface area (Å²) in [6.45, 7) is 4.89. The van der Waals surface area contributed by atoms with E-state index >= 15 is 0 Å². The number of aromatic nitrogens is 2. The van der Waals surface area contributed by atoms with E-state index in [1.807, 2.05) is 6.07 Å². The van der Waals surface area contributed by atoms with Crippen LogP contribution in [-0.4, -0.2) is 47.7 Å². The van der Waals surface area contributed by atoms with Crippen LogP contribution in [0.4, 0.5) is 4.39 Å². The molecule has 0 saturated carbocycles. The van der Waals surface area contributed by atoms with Gasteiger partial charge in [0.1, 0.15) is 12.1 Å². The minimum atomic E-state index is -0.226. The highest BCUT2D eigenvalue weighted by Gasteiger charge is 2.23. The third kappa shape index (κ3) is 3.32. The maximum atomic E-state index is 13.6. The van der Waals surface area contributed by atoms with Crippen molar-refractivity contribution in [2.45, 2.75) is 19.3 Å². The Morgan fingerprint density at radius 2 is 2.12 bits per heavy atom. The van der Waals surface area contributed by atoms with Crippen LogP contribution in [0, 0.1) is 11.7 Å². The van der Waals surface area contributed by atoms with E-state index in [1.54, 1.807) is 18.5 Å². The molecule has 1 unspecified atom stereocenters. The molecule has 0 N–H and O–H groups in total. The quantitative estimate of drug-likeness (QED) is 0.869. The Morgan fingerprint density at radius 3 is 2.96 bits per heavy atom. The van der Waals surface area contributed by atoms with E-state index < -0.39 is 0 Å². The summed E-state index contributed by atoms with van der Waals surface area (Å²) in [7, 11) is 0. The van der Waals surface area contributed by atoms with Crippen molar-refractivity contribution in [3.8, 4) is 11.3 Å². The van der Waals surface area contributed by atoms with Gasteiger partial charge in [-0.25, -0.2) is 14.4 Å². The van der Waals surface area contributed by atoms with E-state index in [-0.39, 0.29) is 5.82 Å². The molecule has 0 bridgehead atoms. The van der Waals surface area contributed by atoms with Crippen LogP contribution in [0.25, 0.3) is 11.3 Å². The maximum absolute atomic E-state index is 13.6. The van der Waals surface area contributed by atoms with E-state index in [1.165, 1.54) is 11.6 Å². The van der Waals surface area contributed by atoms with Gasteiger partial charge in [0.25, 0.3) is 0 Å². The zero-order valence-corrected chi connectivity index (χ0v) is 13.7. The number of hydrogen-bond donors (Lipinski definition) is 0. The van der Waals surface area contributed by atoms with E-state index in [4.69, 9.17) is 4.74 Å². The van der Waals surface area contributed by atoms with Gasteiger partial charge in [0.05, 0.1) is 12.3 Å². The average Bonchev–Trinajstić information content (AvgIpc) is 3.02. The Hall–Kier alpha value is -1.85. The first-order valence-corrected chi connectivity index (χ1v) is 8.68. The predicted octanol–water partition coefficient (Wildman–Crippen LogP) is 2.72. The highest BCUT2D eigenvalue weighted by Crippen LogP contribution is 2.26. The summed E-state index contributed by atoms with van der Waals surface area (Å²) in [5.74, 6) is 0.427. The molecule has 1 atom stereocenters. The molecule has 0 amide bonds. The molecule has 5 heteroatoms. The lowest BCUT2D eigenvalue weighted by atomic mass is 10.0. The second kappa shape index (κ2) is 6.95. The summed E-state index contributed by atoms with van der Waals surface area (Å²) in [6, 6.07) is 6.68. The normalized spacial score (nSPS) is 21.5. The fourth-order valence-corrected chi connectivity index (χ4v) is 3.73. The number of ether oxygens (including phenoxy) is 1. The summed E-state index contributed by atoms with van der Waals surface area (Å²) in [5.41, 5.74) is 4.00. The van der Waals surface area contributed by atoms with Gasteiger partial charge in [0.2, 0.25) is 0 Å². The molecule has 0 aliphatic carbocycles. The lowest BCUT2D eigenvalue weighted by Crippen LogP contribution is -2.32. The largest absolute Gasteiger partial charge is 0.381 e. The van der Waals surface area contributed by atoms with Gasteiger partial charge in [-0.3, -0.25) is 0 Å². The van der Waals surface area contributed by atoms with Crippen LogP contribution in [0.5, 0.6) is 0 Å². The van der Waals surface area contributed by atoms with E-state index in [0.29, 0.717) is 5.92 Å². The van der Waals surface area contributed by atoms with Gasteiger partial charge in [-0.1, -0.05) is 12.1 Å². The van der Waals surface area contributed by atoms with Gasteiger partial charge in [-0.2, -0.15) is 0 Å². The Balaban J connectivity index is 1.56. The maximum Gasteiger partial charge on any atom is 0.123 e. The van der Waals surface area contributed by atoms with Crippen molar-refractivity contribution in [1.82, 2.24) is 14.9 Å². The first kappa shape index (κ1) is 15.7. The lowest BCUT2D eigenvalue weighted by Gasteiger charge is -2.22. The van der Waals surface area contributed by atoms with Gasteiger partial charge in [0.15, 0.2) is 0 Å². The van der Waals surface area contributed by atoms with Crippen molar-refractivity contribution in [2.75, 3.05) is 32.8 Å². The van der Waals surface area contributed by atoms with Crippen molar-refractivity contribution in [3.63, 3.8) is 0 Å². The Morgan fingerprint density at radius 1 is 1.21 bits per heavy atom. The highest BCUT2D eigenvalue weighted by atomic mass is 19.1. The molecule has 0 radical (unpaired) electrons. The zero-order chi connectivity index (χ0) is 16.4. The minimum Gasteiger partial charge on any atom is -0.381 e. The van der Waals surface area contributed by atoms with E-state index in [9.17, 15) is 4.39 Å². The molecule has 4 nitrogen and oxygen atoms in total. The number of benzene rings is 1. The smallest absolute Gasteiger partial charge is 0.123 e. The Kier molecular flexibility index (Phi) is 4.54. The predicted molar refractivity (Wildman–Crippen MR) is 90.2 cm³/mol. The fourth-order valence-electron chi connectivity index (χ4n) is 3.73. The number of nitrogens with zero attached hydrogens (tertiary/aromatic N) is 3. The van der Waals surface area contributed by atoms with Crippen molar-refractivity contribution >= 4 is 0 Å². The molecule has 1 fully saturated rings. The molecule has 126 valence electrons. The second-order valence-corrected chi connectivity index (χ2v) is 6.69. The van der Waals surface area contributed by atoms with Crippen LogP contribution in [0.1, 0.15) is 17.7 Å². The van der Waals surface area contributed by atoms with Crippen molar-refractivity contribution in [1.29, 1.82) is 0 Å². The van der Waals surface area contributed by atoms with E-state index in [2.05, 4.69) is 14.9 Å². The molecule has 0 spiro atoms. The third-order valence-electron chi connectivity index (χ3n) is 5.02. The van der Waals surface area contributed by atoms with Crippen LogP contribution < -0.4 is 0 Å². The minimum absolute atomic E-state index is 0.226. The Labute approximate surface area is 141 Å². The van der Waals surface area contributed by atoms with Crippen molar-refractivity contribution < 1.29 is 9.13 Å². The van der Waals surface area contributed by atoms with Gasteiger partial charge < -0.3 is 9.64 Å². The number of hydrogen-bond acceptors (Lipinski definition) is 4. The number of halogens is 1. The Bertz CT molecular complexity index is 716. The highest BCUT2D eigenvalue weighted by molar-refractivity contribution is 5.63. The summed E-state index contributed by atoms with van der Waals surface area (Å²) in [4.78, 5) is 11.5. The monoisotopic (exact) mass is 327 g/mol. The fraction of sp³-hybridized carbons (Fsp3) is 0.474. The van der Waals surface area contributed by atoms with Crippen LogP contribution in [0.3, 0.4) is 0 Å².